The van der Waals surface area contributed by atoms with Crippen molar-refractivity contribution in [1.82, 2.24) is 0 Å². The summed E-state index contributed by atoms with van der Waals surface area (Å²) in [7, 11) is 0. The summed E-state index contributed by atoms with van der Waals surface area (Å²) in [6.45, 7) is 2.14. The fourth-order valence-corrected chi connectivity index (χ4v) is 4.37. The molecule has 2 unspecified atom stereocenters. The van der Waals surface area contributed by atoms with Gasteiger partial charge in [-0.15, -0.1) is 11.8 Å². The highest BCUT2D eigenvalue weighted by atomic mass is 79.9. The smallest absolute Gasteiger partial charge is 0.0503 e. The second-order valence-electron chi connectivity index (χ2n) is 4.12. The van der Waals surface area contributed by atoms with Crippen LogP contribution in [0.25, 0.3) is 0 Å². The minimum absolute atomic E-state index is 0.184. The molecule has 0 aliphatic carbocycles. The van der Waals surface area contributed by atoms with E-state index in [-0.39, 0.29) is 6.04 Å². The third-order valence-corrected chi connectivity index (χ3v) is 5.39. The number of hydrogen-bond acceptors (Lipinski definition) is 3. The first-order valence-corrected chi connectivity index (χ1v) is 8.52. The van der Waals surface area contributed by atoms with Crippen LogP contribution in [0.2, 0.25) is 0 Å². The molecule has 0 saturated carbocycles. The maximum absolute atomic E-state index is 6.27. The number of halogens is 1. The molecule has 96 valence electrons. The molecule has 2 aromatic rings. The van der Waals surface area contributed by atoms with Crippen molar-refractivity contribution in [2.75, 3.05) is 0 Å². The van der Waals surface area contributed by atoms with E-state index in [0.717, 1.165) is 10.9 Å². The van der Waals surface area contributed by atoms with Crippen molar-refractivity contribution in [3.05, 3.63) is 51.1 Å². The molecule has 0 bridgehead atoms. The fourth-order valence-electron chi connectivity index (χ4n) is 1.74. The zero-order valence-electron chi connectivity index (χ0n) is 10.2. The number of hydrogen-bond donors (Lipinski definition) is 1. The number of rotatable bonds is 5. The predicted molar refractivity (Wildman–Crippen MR) is 85.3 cm³/mol. The lowest BCUT2D eigenvalue weighted by molar-refractivity contribution is 0.635. The van der Waals surface area contributed by atoms with Crippen LogP contribution in [-0.4, -0.2) is 6.04 Å². The summed E-state index contributed by atoms with van der Waals surface area (Å²) in [6, 6.07) is 10.8. The van der Waals surface area contributed by atoms with Crippen molar-refractivity contribution in [2.24, 2.45) is 5.73 Å². The minimum Gasteiger partial charge on any atom is -0.326 e. The highest BCUT2D eigenvalue weighted by Crippen LogP contribution is 2.39. The number of nitrogens with two attached hydrogens (primary N) is 1. The standard InChI is InChI=1S/C14H16BrNS2/c1-2-13(16)14(10-6-7-17-9-10)18-12-5-3-4-11(15)8-12/h3-9,13-14H,2,16H2,1H3. The van der Waals surface area contributed by atoms with E-state index < -0.39 is 0 Å². The van der Waals surface area contributed by atoms with E-state index >= 15 is 0 Å². The molecule has 2 atom stereocenters. The molecule has 18 heavy (non-hydrogen) atoms. The van der Waals surface area contributed by atoms with E-state index in [2.05, 4.69) is 57.9 Å². The zero-order valence-corrected chi connectivity index (χ0v) is 13.4. The highest BCUT2D eigenvalue weighted by molar-refractivity contribution is 9.10. The van der Waals surface area contributed by atoms with Crippen LogP contribution in [0.4, 0.5) is 0 Å². The van der Waals surface area contributed by atoms with Crippen molar-refractivity contribution in [1.29, 1.82) is 0 Å². The third kappa shape index (κ3) is 3.60. The summed E-state index contributed by atoms with van der Waals surface area (Å²) in [6.07, 6.45) is 0.988. The Kier molecular flexibility index (Phi) is 5.30. The quantitative estimate of drug-likeness (QED) is 0.767. The molecule has 1 heterocycles. The van der Waals surface area contributed by atoms with Crippen LogP contribution in [-0.2, 0) is 0 Å². The van der Waals surface area contributed by atoms with E-state index in [0.29, 0.717) is 5.25 Å². The summed E-state index contributed by atoms with van der Waals surface area (Å²) in [5.41, 5.74) is 7.60. The Morgan fingerprint density at radius 1 is 1.39 bits per heavy atom. The predicted octanol–water partition coefficient (Wildman–Crippen LogP) is 5.08. The molecule has 0 saturated heterocycles. The van der Waals surface area contributed by atoms with Crippen LogP contribution < -0.4 is 5.73 Å². The highest BCUT2D eigenvalue weighted by Gasteiger charge is 2.20. The summed E-state index contributed by atoms with van der Waals surface area (Å²) >= 11 is 7.09. The van der Waals surface area contributed by atoms with Crippen LogP contribution in [0, 0.1) is 0 Å². The summed E-state index contributed by atoms with van der Waals surface area (Å²) in [5, 5.41) is 4.65. The van der Waals surface area contributed by atoms with Gasteiger partial charge in [0, 0.05) is 15.4 Å². The molecular formula is C14H16BrNS2. The minimum atomic E-state index is 0.184. The topological polar surface area (TPSA) is 26.0 Å². The Labute approximate surface area is 125 Å². The first kappa shape index (κ1) is 14.1. The summed E-state index contributed by atoms with van der Waals surface area (Å²) in [4.78, 5) is 1.25. The van der Waals surface area contributed by atoms with Crippen LogP contribution in [0.15, 0.2) is 50.5 Å². The Bertz CT molecular complexity index is 484. The largest absolute Gasteiger partial charge is 0.326 e. The van der Waals surface area contributed by atoms with E-state index in [1.165, 1.54) is 10.5 Å². The SMILES string of the molecule is CCC(N)C(Sc1cccc(Br)c1)c1ccsc1. The fraction of sp³-hybridized carbons (Fsp3) is 0.286. The molecule has 2 N–H and O–H groups in total. The normalized spacial score (nSPS) is 14.4. The van der Waals surface area contributed by atoms with Crippen molar-refractivity contribution in [3.63, 3.8) is 0 Å². The molecule has 4 heteroatoms. The number of thiophene rings is 1. The van der Waals surface area contributed by atoms with E-state index in [4.69, 9.17) is 5.73 Å². The molecule has 0 spiro atoms. The second-order valence-corrected chi connectivity index (χ2v) is 7.04. The zero-order chi connectivity index (χ0) is 13.0. The summed E-state index contributed by atoms with van der Waals surface area (Å²) < 4.78 is 1.11. The Morgan fingerprint density at radius 2 is 2.22 bits per heavy atom. The van der Waals surface area contributed by atoms with Crippen LogP contribution >= 0.6 is 39.0 Å². The maximum Gasteiger partial charge on any atom is 0.0503 e. The lowest BCUT2D eigenvalue weighted by Crippen LogP contribution is -2.25. The molecule has 2 rings (SSSR count). The lowest BCUT2D eigenvalue weighted by Gasteiger charge is -2.21. The van der Waals surface area contributed by atoms with Crippen LogP contribution in [0.3, 0.4) is 0 Å². The first-order valence-electron chi connectivity index (χ1n) is 5.90. The average molecular weight is 342 g/mol. The average Bonchev–Trinajstić information content (AvgIpc) is 2.89. The summed E-state index contributed by atoms with van der Waals surface area (Å²) in [5.74, 6) is 0. The molecule has 1 aromatic heterocycles. The monoisotopic (exact) mass is 341 g/mol. The van der Waals surface area contributed by atoms with E-state index in [1.54, 1.807) is 11.3 Å². The molecular weight excluding hydrogens is 326 g/mol. The Hall–Kier alpha value is -0.290. The first-order chi connectivity index (χ1) is 8.70. The second kappa shape index (κ2) is 6.75. The lowest BCUT2D eigenvalue weighted by atomic mass is 10.1. The van der Waals surface area contributed by atoms with Crippen LogP contribution in [0.5, 0.6) is 0 Å². The van der Waals surface area contributed by atoms with Gasteiger partial charge in [-0.25, -0.2) is 0 Å². The van der Waals surface area contributed by atoms with Crippen molar-refractivity contribution < 1.29 is 0 Å². The van der Waals surface area contributed by atoms with E-state index in [9.17, 15) is 0 Å². The Balaban J connectivity index is 2.20. The van der Waals surface area contributed by atoms with Gasteiger partial charge in [-0.2, -0.15) is 11.3 Å². The van der Waals surface area contributed by atoms with Gasteiger partial charge in [0.05, 0.1) is 5.25 Å². The van der Waals surface area contributed by atoms with Crippen molar-refractivity contribution >= 4 is 39.0 Å². The molecule has 1 aromatic carbocycles. The van der Waals surface area contributed by atoms with Gasteiger partial charge in [0.2, 0.25) is 0 Å². The van der Waals surface area contributed by atoms with Gasteiger partial charge in [0.25, 0.3) is 0 Å². The Morgan fingerprint density at radius 3 is 2.83 bits per heavy atom. The van der Waals surface area contributed by atoms with Crippen LogP contribution in [0.1, 0.15) is 24.2 Å². The van der Waals surface area contributed by atoms with Gasteiger partial charge in [-0.05, 0) is 47.0 Å². The molecule has 1 nitrogen and oxygen atoms in total. The van der Waals surface area contributed by atoms with Gasteiger partial charge >= 0.3 is 0 Å². The number of thioether (sulfide) groups is 1. The molecule has 0 radical (unpaired) electrons. The van der Waals surface area contributed by atoms with Gasteiger partial charge in [-0.3, -0.25) is 0 Å². The third-order valence-electron chi connectivity index (χ3n) is 2.79. The van der Waals surface area contributed by atoms with Crippen molar-refractivity contribution in [2.45, 2.75) is 29.5 Å². The molecule has 0 aliphatic rings. The van der Waals surface area contributed by atoms with Gasteiger partial charge in [0.15, 0.2) is 0 Å². The van der Waals surface area contributed by atoms with Crippen molar-refractivity contribution in [3.8, 4) is 0 Å². The maximum atomic E-state index is 6.27. The van der Waals surface area contributed by atoms with Gasteiger partial charge < -0.3 is 5.73 Å². The molecule has 0 amide bonds. The van der Waals surface area contributed by atoms with E-state index in [1.807, 2.05) is 17.8 Å². The van der Waals surface area contributed by atoms with Gasteiger partial charge in [-0.1, -0.05) is 28.9 Å². The molecule has 0 fully saturated rings. The van der Waals surface area contributed by atoms with Gasteiger partial charge in [0.1, 0.15) is 0 Å². The molecule has 0 aliphatic heterocycles. The number of benzene rings is 1.